The molecule has 1 heterocycles. The molecule has 1 aromatic rings. The van der Waals surface area contributed by atoms with Crippen LogP contribution in [0.2, 0.25) is 0 Å². The molecule has 1 N–H and O–H groups in total. The second-order valence-corrected chi connectivity index (χ2v) is 6.45. The third-order valence-corrected chi connectivity index (χ3v) is 4.35. The summed E-state index contributed by atoms with van der Waals surface area (Å²) in [6.45, 7) is 6.39. The van der Waals surface area contributed by atoms with Crippen molar-refractivity contribution in [2.75, 3.05) is 13.2 Å². The molecule has 106 valence electrons. The molecule has 0 aliphatic carbocycles. The molecule has 0 saturated carbocycles. The minimum atomic E-state index is 0.417. The van der Waals surface area contributed by atoms with E-state index in [0.717, 1.165) is 24.0 Å². The van der Waals surface area contributed by atoms with Crippen molar-refractivity contribution in [3.63, 3.8) is 0 Å². The summed E-state index contributed by atoms with van der Waals surface area (Å²) >= 11 is 3.49. The molecule has 0 aromatic heterocycles. The van der Waals surface area contributed by atoms with Gasteiger partial charge in [0.1, 0.15) is 0 Å². The summed E-state index contributed by atoms with van der Waals surface area (Å²) in [5, 5.41) is 3.70. The Balaban J connectivity index is 1.98. The summed E-state index contributed by atoms with van der Waals surface area (Å²) < 4.78 is 6.88. The van der Waals surface area contributed by atoms with Crippen molar-refractivity contribution in [2.45, 2.75) is 45.3 Å². The highest BCUT2D eigenvalue weighted by molar-refractivity contribution is 9.10. The molecule has 3 unspecified atom stereocenters. The van der Waals surface area contributed by atoms with Crippen LogP contribution in [0.1, 0.15) is 32.3 Å². The van der Waals surface area contributed by atoms with Gasteiger partial charge in [0.25, 0.3) is 0 Å². The standard InChI is InChI=1S/C16H24BrNO/c1-3-8-18-16(14-9-12(2)19-11-14)10-13-4-6-15(17)7-5-13/h4-7,12,14,16,18H,3,8-11H2,1-2H3. The zero-order valence-electron chi connectivity index (χ0n) is 11.9. The molecule has 3 heteroatoms. The Morgan fingerprint density at radius 2 is 2.11 bits per heavy atom. The molecule has 1 aromatic carbocycles. The zero-order valence-corrected chi connectivity index (χ0v) is 13.4. The van der Waals surface area contributed by atoms with Crippen molar-refractivity contribution in [1.29, 1.82) is 0 Å². The van der Waals surface area contributed by atoms with Gasteiger partial charge >= 0.3 is 0 Å². The molecule has 2 rings (SSSR count). The normalized spacial score (nSPS) is 24.6. The fourth-order valence-electron chi connectivity index (χ4n) is 2.74. The largest absolute Gasteiger partial charge is 0.378 e. The van der Waals surface area contributed by atoms with Crippen molar-refractivity contribution in [2.24, 2.45) is 5.92 Å². The Kier molecular flexibility index (Phi) is 5.86. The van der Waals surface area contributed by atoms with Gasteiger partial charge in [-0.1, -0.05) is 35.0 Å². The molecule has 19 heavy (non-hydrogen) atoms. The molecule has 0 amide bonds. The summed E-state index contributed by atoms with van der Waals surface area (Å²) in [6.07, 6.45) is 3.87. The molecule has 0 radical (unpaired) electrons. The average Bonchev–Trinajstić information content (AvgIpc) is 2.83. The molecule has 1 fully saturated rings. The lowest BCUT2D eigenvalue weighted by Crippen LogP contribution is -2.39. The van der Waals surface area contributed by atoms with Gasteiger partial charge in [-0.2, -0.15) is 0 Å². The summed E-state index contributed by atoms with van der Waals surface area (Å²) in [5.41, 5.74) is 1.40. The highest BCUT2D eigenvalue weighted by Crippen LogP contribution is 2.25. The third kappa shape index (κ3) is 4.59. The van der Waals surface area contributed by atoms with Crippen molar-refractivity contribution in [1.82, 2.24) is 5.32 Å². The topological polar surface area (TPSA) is 21.3 Å². The van der Waals surface area contributed by atoms with Gasteiger partial charge in [-0.15, -0.1) is 0 Å². The first-order valence-corrected chi connectivity index (χ1v) is 8.07. The van der Waals surface area contributed by atoms with E-state index in [4.69, 9.17) is 4.74 Å². The van der Waals surface area contributed by atoms with Crippen molar-refractivity contribution in [3.05, 3.63) is 34.3 Å². The second-order valence-electron chi connectivity index (χ2n) is 5.53. The van der Waals surface area contributed by atoms with Crippen LogP contribution in [-0.4, -0.2) is 25.3 Å². The van der Waals surface area contributed by atoms with E-state index in [0.29, 0.717) is 18.1 Å². The van der Waals surface area contributed by atoms with Crippen LogP contribution in [0.3, 0.4) is 0 Å². The minimum Gasteiger partial charge on any atom is -0.378 e. The molecule has 3 atom stereocenters. The first-order valence-electron chi connectivity index (χ1n) is 7.28. The van der Waals surface area contributed by atoms with Gasteiger partial charge in [0.05, 0.1) is 12.7 Å². The molecule has 0 bridgehead atoms. The van der Waals surface area contributed by atoms with Gasteiger partial charge < -0.3 is 10.1 Å². The molecule has 1 saturated heterocycles. The quantitative estimate of drug-likeness (QED) is 0.859. The lowest BCUT2D eigenvalue weighted by molar-refractivity contribution is 0.117. The first-order chi connectivity index (χ1) is 9.19. The Labute approximate surface area is 125 Å². The third-order valence-electron chi connectivity index (χ3n) is 3.82. The van der Waals surface area contributed by atoms with E-state index in [2.05, 4.69) is 59.4 Å². The van der Waals surface area contributed by atoms with E-state index in [1.807, 2.05) is 0 Å². The average molecular weight is 326 g/mol. The molecule has 1 aliphatic rings. The maximum atomic E-state index is 5.74. The number of benzene rings is 1. The summed E-state index contributed by atoms with van der Waals surface area (Å²) in [6, 6.07) is 9.21. The smallest absolute Gasteiger partial charge is 0.0551 e. The SMILES string of the molecule is CCCNC(Cc1ccc(Br)cc1)C1COC(C)C1. The lowest BCUT2D eigenvalue weighted by atomic mass is 9.91. The monoisotopic (exact) mass is 325 g/mol. The van der Waals surface area contributed by atoms with Crippen LogP contribution in [-0.2, 0) is 11.2 Å². The van der Waals surface area contributed by atoms with Gasteiger partial charge in [-0.25, -0.2) is 0 Å². The zero-order chi connectivity index (χ0) is 13.7. The van der Waals surface area contributed by atoms with Crippen LogP contribution in [0.25, 0.3) is 0 Å². The lowest BCUT2D eigenvalue weighted by Gasteiger charge is -2.24. The number of ether oxygens (including phenoxy) is 1. The van der Waals surface area contributed by atoms with Crippen molar-refractivity contribution >= 4 is 15.9 Å². The van der Waals surface area contributed by atoms with E-state index in [1.54, 1.807) is 0 Å². The molecule has 2 nitrogen and oxygen atoms in total. The van der Waals surface area contributed by atoms with Crippen LogP contribution >= 0.6 is 15.9 Å². The van der Waals surface area contributed by atoms with Crippen molar-refractivity contribution in [3.8, 4) is 0 Å². The van der Waals surface area contributed by atoms with Crippen molar-refractivity contribution < 1.29 is 4.74 Å². The van der Waals surface area contributed by atoms with E-state index in [1.165, 1.54) is 18.4 Å². The van der Waals surface area contributed by atoms with Gasteiger partial charge in [-0.3, -0.25) is 0 Å². The predicted molar refractivity (Wildman–Crippen MR) is 83.4 cm³/mol. The van der Waals surface area contributed by atoms with Crippen LogP contribution < -0.4 is 5.32 Å². The number of halogens is 1. The number of hydrogen-bond acceptors (Lipinski definition) is 2. The number of hydrogen-bond donors (Lipinski definition) is 1. The Morgan fingerprint density at radius 1 is 1.37 bits per heavy atom. The van der Waals surface area contributed by atoms with Gasteiger partial charge in [-0.05, 0) is 50.4 Å². The van der Waals surface area contributed by atoms with Gasteiger partial charge in [0.2, 0.25) is 0 Å². The second kappa shape index (κ2) is 7.41. The minimum absolute atomic E-state index is 0.417. The fourth-order valence-corrected chi connectivity index (χ4v) is 3.00. The molecular weight excluding hydrogens is 302 g/mol. The summed E-state index contributed by atoms with van der Waals surface area (Å²) in [7, 11) is 0. The van der Waals surface area contributed by atoms with Gasteiger partial charge in [0.15, 0.2) is 0 Å². The number of rotatable bonds is 6. The molecule has 0 spiro atoms. The highest BCUT2D eigenvalue weighted by atomic mass is 79.9. The van der Waals surface area contributed by atoms with Crippen LogP contribution in [0.5, 0.6) is 0 Å². The summed E-state index contributed by atoms with van der Waals surface area (Å²) in [5.74, 6) is 0.644. The Bertz CT molecular complexity index is 379. The van der Waals surface area contributed by atoms with E-state index >= 15 is 0 Å². The Hall–Kier alpha value is -0.380. The van der Waals surface area contributed by atoms with Gasteiger partial charge in [0, 0.05) is 16.4 Å². The van der Waals surface area contributed by atoms with E-state index in [9.17, 15) is 0 Å². The predicted octanol–water partition coefficient (Wildman–Crippen LogP) is 3.78. The van der Waals surface area contributed by atoms with E-state index < -0.39 is 0 Å². The Morgan fingerprint density at radius 3 is 2.68 bits per heavy atom. The van der Waals surface area contributed by atoms with Crippen LogP contribution in [0.15, 0.2) is 28.7 Å². The fraction of sp³-hybridized carbons (Fsp3) is 0.625. The number of nitrogens with one attached hydrogen (secondary N) is 1. The summed E-state index contributed by atoms with van der Waals surface area (Å²) in [4.78, 5) is 0. The highest BCUT2D eigenvalue weighted by Gasteiger charge is 2.29. The maximum absolute atomic E-state index is 5.74. The van der Waals surface area contributed by atoms with E-state index in [-0.39, 0.29) is 0 Å². The first kappa shape index (κ1) is 15.0. The van der Waals surface area contributed by atoms with Crippen LogP contribution in [0.4, 0.5) is 0 Å². The molecular formula is C16H24BrNO. The van der Waals surface area contributed by atoms with Crippen LogP contribution in [0, 0.1) is 5.92 Å². The molecule has 1 aliphatic heterocycles. The maximum Gasteiger partial charge on any atom is 0.0551 e.